The first-order valence-electron chi connectivity index (χ1n) is 7.12. The van der Waals surface area contributed by atoms with Crippen molar-refractivity contribution in [3.63, 3.8) is 0 Å². The molecule has 0 heterocycles. The lowest BCUT2D eigenvalue weighted by molar-refractivity contribution is 0.0927. The summed E-state index contributed by atoms with van der Waals surface area (Å²) in [6.07, 6.45) is 0. The number of ketones is 3. The minimum Gasteiger partial charge on any atom is -0.497 e. The van der Waals surface area contributed by atoms with Crippen molar-refractivity contribution in [2.45, 2.75) is 6.92 Å². The SMILES string of the molecule is COc1cccc(C(=O)C2=C(C)C(=O)c3ccccc3C2=O)c1. The number of methoxy groups -OCH3 is 1. The number of fused-ring (bicyclic) bond motifs is 1. The van der Waals surface area contributed by atoms with Crippen molar-refractivity contribution in [3.05, 3.63) is 76.4 Å². The molecule has 0 fully saturated rings. The van der Waals surface area contributed by atoms with Crippen molar-refractivity contribution in [1.29, 1.82) is 0 Å². The van der Waals surface area contributed by atoms with Crippen LogP contribution in [0.1, 0.15) is 38.0 Å². The minimum absolute atomic E-state index is 0.0676. The maximum absolute atomic E-state index is 12.8. The Morgan fingerprint density at radius 1 is 0.913 bits per heavy atom. The molecule has 0 atom stereocenters. The predicted octanol–water partition coefficient (Wildman–Crippen LogP) is 3.27. The third-order valence-corrected chi connectivity index (χ3v) is 3.92. The van der Waals surface area contributed by atoms with Gasteiger partial charge in [0.2, 0.25) is 0 Å². The Bertz CT molecular complexity index is 874. The molecule has 0 amide bonds. The van der Waals surface area contributed by atoms with Crippen LogP contribution in [0.3, 0.4) is 0 Å². The highest BCUT2D eigenvalue weighted by molar-refractivity contribution is 6.39. The number of carbonyl (C=O) groups is 3. The number of Topliss-reactive ketones (excluding diaryl/α,β-unsaturated/α-hetero) is 3. The average Bonchev–Trinajstić information content (AvgIpc) is 2.60. The fourth-order valence-corrected chi connectivity index (χ4v) is 2.68. The number of ether oxygens (including phenoxy) is 1. The van der Waals surface area contributed by atoms with E-state index in [-0.39, 0.29) is 22.5 Å². The average molecular weight is 306 g/mol. The van der Waals surface area contributed by atoms with Crippen LogP contribution in [-0.2, 0) is 0 Å². The van der Waals surface area contributed by atoms with Crippen molar-refractivity contribution in [2.24, 2.45) is 0 Å². The second-order valence-corrected chi connectivity index (χ2v) is 5.26. The van der Waals surface area contributed by atoms with Crippen LogP contribution in [0.2, 0.25) is 0 Å². The van der Waals surface area contributed by atoms with Crippen molar-refractivity contribution in [2.75, 3.05) is 7.11 Å². The fraction of sp³-hybridized carbons (Fsp3) is 0.105. The van der Waals surface area contributed by atoms with E-state index in [1.54, 1.807) is 48.5 Å². The topological polar surface area (TPSA) is 60.4 Å². The molecule has 4 nitrogen and oxygen atoms in total. The van der Waals surface area contributed by atoms with Crippen molar-refractivity contribution in [3.8, 4) is 5.75 Å². The number of allylic oxidation sites excluding steroid dienone is 2. The normalized spacial score (nSPS) is 13.8. The van der Waals surface area contributed by atoms with Gasteiger partial charge in [0.15, 0.2) is 17.3 Å². The Labute approximate surface area is 133 Å². The summed E-state index contributed by atoms with van der Waals surface area (Å²) in [5.41, 5.74) is 1.05. The summed E-state index contributed by atoms with van der Waals surface area (Å²) in [4.78, 5) is 37.9. The fourth-order valence-electron chi connectivity index (χ4n) is 2.68. The quantitative estimate of drug-likeness (QED) is 0.645. The number of rotatable bonds is 3. The second kappa shape index (κ2) is 5.65. The number of carbonyl (C=O) groups excluding carboxylic acids is 3. The molecule has 3 rings (SSSR count). The molecule has 0 saturated carbocycles. The van der Waals surface area contributed by atoms with E-state index in [4.69, 9.17) is 4.74 Å². The minimum atomic E-state index is -0.464. The van der Waals surface area contributed by atoms with E-state index in [9.17, 15) is 14.4 Å². The van der Waals surface area contributed by atoms with Crippen LogP contribution in [0, 0.1) is 0 Å². The lowest BCUT2D eigenvalue weighted by Gasteiger charge is -2.18. The molecule has 0 aliphatic heterocycles. The smallest absolute Gasteiger partial charge is 0.198 e. The van der Waals surface area contributed by atoms with Crippen LogP contribution in [0.15, 0.2) is 59.7 Å². The van der Waals surface area contributed by atoms with Crippen LogP contribution in [0.5, 0.6) is 5.75 Å². The lowest BCUT2D eigenvalue weighted by atomic mass is 9.82. The monoisotopic (exact) mass is 306 g/mol. The van der Waals surface area contributed by atoms with Gasteiger partial charge in [-0.25, -0.2) is 0 Å². The molecule has 4 heteroatoms. The van der Waals surface area contributed by atoms with E-state index in [0.717, 1.165) is 0 Å². The van der Waals surface area contributed by atoms with E-state index < -0.39 is 11.6 Å². The zero-order valence-corrected chi connectivity index (χ0v) is 12.8. The first-order valence-corrected chi connectivity index (χ1v) is 7.12. The molecule has 0 radical (unpaired) electrons. The molecule has 23 heavy (non-hydrogen) atoms. The molecule has 2 aromatic rings. The summed E-state index contributed by atoms with van der Waals surface area (Å²) in [6, 6.07) is 13.1. The van der Waals surface area contributed by atoms with Gasteiger partial charge in [-0.1, -0.05) is 36.4 Å². The Balaban J connectivity index is 2.12. The highest BCUT2D eigenvalue weighted by Gasteiger charge is 2.33. The third-order valence-electron chi connectivity index (χ3n) is 3.92. The van der Waals surface area contributed by atoms with Gasteiger partial charge in [0.05, 0.1) is 12.7 Å². The van der Waals surface area contributed by atoms with Gasteiger partial charge in [-0.3, -0.25) is 14.4 Å². The van der Waals surface area contributed by atoms with Gasteiger partial charge >= 0.3 is 0 Å². The standard InChI is InChI=1S/C19H14O4/c1-11-16(18(21)12-6-5-7-13(10-12)23-2)19(22)15-9-4-3-8-14(15)17(11)20/h3-10H,1-2H3. The highest BCUT2D eigenvalue weighted by Crippen LogP contribution is 2.28. The molecule has 2 aromatic carbocycles. The zero-order valence-electron chi connectivity index (χ0n) is 12.8. The van der Waals surface area contributed by atoms with Crippen molar-refractivity contribution in [1.82, 2.24) is 0 Å². The molecule has 0 aromatic heterocycles. The van der Waals surface area contributed by atoms with Crippen LogP contribution >= 0.6 is 0 Å². The zero-order chi connectivity index (χ0) is 16.6. The van der Waals surface area contributed by atoms with Crippen LogP contribution in [0.25, 0.3) is 0 Å². The highest BCUT2D eigenvalue weighted by atomic mass is 16.5. The summed E-state index contributed by atoms with van der Waals surface area (Å²) < 4.78 is 5.10. The third kappa shape index (κ3) is 2.38. The van der Waals surface area contributed by atoms with Gasteiger partial charge in [0.25, 0.3) is 0 Å². The Hall–Kier alpha value is -3.01. The lowest BCUT2D eigenvalue weighted by Crippen LogP contribution is -2.25. The van der Waals surface area contributed by atoms with Gasteiger partial charge in [-0.05, 0) is 19.1 Å². The van der Waals surface area contributed by atoms with Crippen LogP contribution in [0.4, 0.5) is 0 Å². The van der Waals surface area contributed by atoms with Crippen LogP contribution < -0.4 is 4.74 Å². The second-order valence-electron chi connectivity index (χ2n) is 5.26. The van der Waals surface area contributed by atoms with E-state index in [1.165, 1.54) is 14.0 Å². The van der Waals surface area contributed by atoms with Gasteiger partial charge in [0, 0.05) is 22.3 Å². The molecule has 114 valence electrons. The van der Waals surface area contributed by atoms with E-state index in [1.807, 2.05) is 0 Å². The van der Waals surface area contributed by atoms with Gasteiger partial charge < -0.3 is 4.74 Å². The van der Waals surface area contributed by atoms with Crippen molar-refractivity contribution < 1.29 is 19.1 Å². The maximum atomic E-state index is 12.8. The van der Waals surface area contributed by atoms with Gasteiger partial charge in [0.1, 0.15) is 5.75 Å². The Morgan fingerprint density at radius 3 is 2.22 bits per heavy atom. The Kier molecular flexibility index (Phi) is 3.66. The van der Waals surface area contributed by atoms with Crippen LogP contribution in [-0.4, -0.2) is 24.5 Å². The maximum Gasteiger partial charge on any atom is 0.198 e. The molecule has 0 saturated heterocycles. The molecule has 0 N–H and O–H groups in total. The number of benzene rings is 2. The molecule has 0 spiro atoms. The molecule has 0 bridgehead atoms. The first-order chi connectivity index (χ1) is 11.0. The summed E-state index contributed by atoms with van der Waals surface area (Å²) >= 11 is 0. The van der Waals surface area contributed by atoms with Gasteiger partial charge in [-0.2, -0.15) is 0 Å². The molecular formula is C19H14O4. The first kappa shape index (κ1) is 14.9. The van der Waals surface area contributed by atoms with Gasteiger partial charge in [-0.15, -0.1) is 0 Å². The predicted molar refractivity (Wildman–Crippen MR) is 85.1 cm³/mol. The summed E-state index contributed by atoms with van der Waals surface area (Å²) in [7, 11) is 1.50. The summed E-state index contributed by atoms with van der Waals surface area (Å²) in [6.45, 7) is 1.52. The summed E-state index contributed by atoms with van der Waals surface area (Å²) in [5.74, 6) is -0.643. The Morgan fingerprint density at radius 2 is 1.57 bits per heavy atom. The molecule has 0 unspecified atom stereocenters. The number of hydrogen-bond donors (Lipinski definition) is 0. The van der Waals surface area contributed by atoms with E-state index in [0.29, 0.717) is 16.9 Å². The van der Waals surface area contributed by atoms with Crippen molar-refractivity contribution >= 4 is 17.3 Å². The molecular weight excluding hydrogens is 292 g/mol. The molecule has 1 aliphatic carbocycles. The molecule has 1 aliphatic rings. The summed E-state index contributed by atoms with van der Waals surface area (Å²) in [5, 5.41) is 0. The van der Waals surface area contributed by atoms with E-state index >= 15 is 0 Å². The van der Waals surface area contributed by atoms with E-state index in [2.05, 4.69) is 0 Å². The largest absolute Gasteiger partial charge is 0.497 e. The number of hydrogen-bond acceptors (Lipinski definition) is 4.